The fourth-order valence-corrected chi connectivity index (χ4v) is 3.65. The van der Waals surface area contributed by atoms with Gasteiger partial charge in [-0.25, -0.2) is 0 Å². The number of nitrogens with zero attached hydrogens (tertiary/aromatic N) is 5. The van der Waals surface area contributed by atoms with Crippen LogP contribution in [0.5, 0.6) is 0 Å². The summed E-state index contributed by atoms with van der Waals surface area (Å²) >= 11 is 1.65. The van der Waals surface area contributed by atoms with E-state index >= 15 is 0 Å². The highest BCUT2D eigenvalue weighted by atomic mass is 35.5. The van der Waals surface area contributed by atoms with Crippen molar-refractivity contribution in [3.05, 3.63) is 60.2 Å². The van der Waals surface area contributed by atoms with Crippen molar-refractivity contribution in [1.29, 1.82) is 0 Å². The van der Waals surface area contributed by atoms with Crippen molar-refractivity contribution in [2.75, 3.05) is 30.3 Å². The standard InChI is InChI=1S/C20H26N6S.2ClH/c1-3-25(4-2)18-12-10-17(11-13-18)16-21-14-15-27-20-22-23-24-26(20)19-8-6-5-7-9-19;;/h5-13,21H,3-4,14-16H2,1-2H3;2*1H. The maximum atomic E-state index is 4.12. The van der Waals surface area contributed by atoms with Crippen LogP contribution in [0.3, 0.4) is 0 Å². The van der Waals surface area contributed by atoms with E-state index in [-0.39, 0.29) is 24.8 Å². The Balaban J connectivity index is 0.00000210. The summed E-state index contributed by atoms with van der Waals surface area (Å²) < 4.78 is 1.77. The van der Waals surface area contributed by atoms with Gasteiger partial charge in [0.25, 0.3) is 0 Å². The van der Waals surface area contributed by atoms with Gasteiger partial charge < -0.3 is 10.2 Å². The van der Waals surface area contributed by atoms with Gasteiger partial charge in [-0.05, 0) is 54.1 Å². The maximum Gasteiger partial charge on any atom is 0.214 e. The lowest BCUT2D eigenvalue weighted by Gasteiger charge is -2.21. The number of halogens is 2. The third-order valence-corrected chi connectivity index (χ3v) is 5.27. The van der Waals surface area contributed by atoms with Crippen molar-refractivity contribution in [2.24, 2.45) is 0 Å². The minimum absolute atomic E-state index is 0. The molecular formula is C20H28Cl2N6S. The average Bonchev–Trinajstić information content (AvgIpc) is 3.19. The third-order valence-electron chi connectivity index (χ3n) is 4.35. The Morgan fingerprint density at radius 2 is 1.66 bits per heavy atom. The smallest absolute Gasteiger partial charge is 0.214 e. The Morgan fingerprint density at radius 1 is 0.966 bits per heavy atom. The Kier molecular flexibility index (Phi) is 11.7. The minimum Gasteiger partial charge on any atom is -0.372 e. The van der Waals surface area contributed by atoms with Crippen LogP contribution in [-0.4, -0.2) is 45.6 Å². The summed E-state index contributed by atoms with van der Waals surface area (Å²) in [6.07, 6.45) is 0. The highest BCUT2D eigenvalue weighted by Crippen LogP contribution is 2.17. The van der Waals surface area contributed by atoms with Gasteiger partial charge in [0.05, 0.1) is 5.69 Å². The molecule has 0 radical (unpaired) electrons. The summed E-state index contributed by atoms with van der Waals surface area (Å²) in [4.78, 5) is 2.35. The van der Waals surface area contributed by atoms with Gasteiger partial charge in [-0.3, -0.25) is 0 Å². The predicted octanol–water partition coefficient (Wildman–Crippen LogP) is 4.23. The van der Waals surface area contributed by atoms with Crippen molar-refractivity contribution in [2.45, 2.75) is 25.5 Å². The van der Waals surface area contributed by atoms with Crippen LogP contribution >= 0.6 is 36.6 Å². The van der Waals surface area contributed by atoms with Crippen LogP contribution in [0, 0.1) is 0 Å². The van der Waals surface area contributed by atoms with E-state index in [0.717, 1.165) is 42.8 Å². The summed E-state index contributed by atoms with van der Waals surface area (Å²) in [5, 5.41) is 16.3. The molecule has 1 N–H and O–H groups in total. The average molecular weight is 455 g/mol. The van der Waals surface area contributed by atoms with Crippen molar-refractivity contribution in [3.63, 3.8) is 0 Å². The first-order valence-corrected chi connectivity index (χ1v) is 10.3. The molecule has 2 aromatic carbocycles. The Morgan fingerprint density at radius 3 is 2.31 bits per heavy atom. The van der Waals surface area contributed by atoms with Crippen molar-refractivity contribution in [1.82, 2.24) is 25.5 Å². The zero-order valence-electron chi connectivity index (χ0n) is 16.7. The summed E-state index contributed by atoms with van der Waals surface area (Å²) in [6, 6.07) is 18.8. The zero-order chi connectivity index (χ0) is 18.9. The zero-order valence-corrected chi connectivity index (χ0v) is 19.1. The Bertz CT molecular complexity index is 809. The number of hydrogen-bond donors (Lipinski definition) is 1. The minimum atomic E-state index is 0. The molecular weight excluding hydrogens is 427 g/mol. The van der Waals surface area contributed by atoms with Gasteiger partial charge in [0.1, 0.15) is 0 Å². The number of anilines is 1. The SMILES string of the molecule is CCN(CC)c1ccc(CNCCSc2nnnn2-c2ccccc2)cc1.Cl.Cl. The molecule has 0 aliphatic carbocycles. The number of rotatable bonds is 10. The Labute approximate surface area is 189 Å². The molecule has 0 spiro atoms. The highest BCUT2D eigenvalue weighted by Gasteiger charge is 2.08. The van der Waals surface area contributed by atoms with Crippen LogP contribution in [0.25, 0.3) is 5.69 Å². The topological polar surface area (TPSA) is 58.9 Å². The lowest BCUT2D eigenvalue weighted by Crippen LogP contribution is -2.21. The van der Waals surface area contributed by atoms with E-state index in [1.807, 2.05) is 30.3 Å². The predicted molar refractivity (Wildman–Crippen MR) is 126 cm³/mol. The van der Waals surface area contributed by atoms with E-state index in [0.29, 0.717) is 0 Å². The largest absolute Gasteiger partial charge is 0.372 e. The molecule has 1 heterocycles. The molecule has 0 saturated heterocycles. The summed E-state index contributed by atoms with van der Waals surface area (Å²) in [6.45, 7) is 8.20. The number of aromatic nitrogens is 4. The molecule has 0 amide bonds. The molecule has 0 aliphatic heterocycles. The van der Waals surface area contributed by atoms with Crippen molar-refractivity contribution < 1.29 is 0 Å². The Hall–Kier alpha value is -1.80. The van der Waals surface area contributed by atoms with E-state index in [2.05, 4.69) is 63.9 Å². The van der Waals surface area contributed by atoms with Gasteiger partial charge in [-0.2, -0.15) is 4.68 Å². The number of para-hydroxylation sites is 1. The molecule has 0 aliphatic rings. The van der Waals surface area contributed by atoms with Crippen molar-refractivity contribution >= 4 is 42.3 Å². The molecule has 3 aromatic rings. The van der Waals surface area contributed by atoms with Gasteiger partial charge in [-0.1, -0.05) is 42.1 Å². The fourth-order valence-electron chi connectivity index (χ4n) is 2.86. The van der Waals surface area contributed by atoms with Crippen LogP contribution < -0.4 is 10.2 Å². The van der Waals surface area contributed by atoms with Gasteiger partial charge >= 0.3 is 0 Å². The van der Waals surface area contributed by atoms with Crippen LogP contribution in [-0.2, 0) is 6.54 Å². The van der Waals surface area contributed by atoms with E-state index < -0.39 is 0 Å². The van der Waals surface area contributed by atoms with Gasteiger partial charge in [-0.15, -0.1) is 29.9 Å². The fraction of sp³-hybridized carbons (Fsp3) is 0.350. The summed E-state index contributed by atoms with van der Waals surface area (Å²) in [7, 11) is 0. The summed E-state index contributed by atoms with van der Waals surface area (Å²) in [5.74, 6) is 0.907. The number of tetrazole rings is 1. The number of thioether (sulfide) groups is 1. The number of nitrogens with one attached hydrogen (secondary N) is 1. The third kappa shape index (κ3) is 7.19. The highest BCUT2D eigenvalue weighted by molar-refractivity contribution is 7.99. The second kappa shape index (κ2) is 13.4. The van der Waals surface area contributed by atoms with E-state index in [4.69, 9.17) is 0 Å². The van der Waals surface area contributed by atoms with Crippen molar-refractivity contribution in [3.8, 4) is 5.69 Å². The molecule has 0 unspecified atom stereocenters. The molecule has 0 saturated carbocycles. The van der Waals surface area contributed by atoms with E-state index in [1.165, 1.54) is 11.3 Å². The quantitative estimate of drug-likeness (QED) is 0.365. The normalized spacial score (nSPS) is 10.1. The molecule has 6 nitrogen and oxygen atoms in total. The second-order valence-electron chi connectivity index (χ2n) is 6.07. The molecule has 0 bridgehead atoms. The molecule has 9 heteroatoms. The molecule has 29 heavy (non-hydrogen) atoms. The first kappa shape index (κ1) is 25.2. The first-order chi connectivity index (χ1) is 13.3. The van der Waals surface area contributed by atoms with Gasteiger partial charge in [0.2, 0.25) is 5.16 Å². The lowest BCUT2D eigenvalue weighted by molar-refractivity contribution is 0.727. The molecule has 1 aromatic heterocycles. The monoisotopic (exact) mass is 454 g/mol. The summed E-state index contributed by atoms with van der Waals surface area (Å²) in [5.41, 5.74) is 3.56. The van der Waals surface area contributed by atoms with Crippen LogP contribution in [0.15, 0.2) is 59.8 Å². The van der Waals surface area contributed by atoms with E-state index in [9.17, 15) is 0 Å². The lowest BCUT2D eigenvalue weighted by atomic mass is 10.2. The molecule has 0 fully saturated rings. The van der Waals surface area contributed by atoms with Crippen LogP contribution in [0.4, 0.5) is 5.69 Å². The van der Waals surface area contributed by atoms with Crippen LogP contribution in [0.2, 0.25) is 0 Å². The molecule has 158 valence electrons. The number of hydrogen-bond acceptors (Lipinski definition) is 6. The van der Waals surface area contributed by atoms with Gasteiger partial charge in [0.15, 0.2) is 0 Å². The van der Waals surface area contributed by atoms with Gasteiger partial charge in [0, 0.05) is 37.6 Å². The number of benzene rings is 2. The molecule has 3 rings (SSSR count). The van der Waals surface area contributed by atoms with E-state index in [1.54, 1.807) is 16.4 Å². The second-order valence-corrected chi connectivity index (χ2v) is 7.13. The molecule has 0 atom stereocenters. The first-order valence-electron chi connectivity index (χ1n) is 9.33. The van der Waals surface area contributed by atoms with Crippen LogP contribution in [0.1, 0.15) is 19.4 Å². The maximum absolute atomic E-state index is 4.12.